The first-order chi connectivity index (χ1) is 39.0. The molecule has 6 nitrogen and oxygen atoms in total. The maximum absolute atomic E-state index is 12.5. The Balaban J connectivity index is 3.42. The lowest BCUT2D eigenvalue weighted by Gasteiger charge is -2.20. The first kappa shape index (κ1) is 77.1. The lowest BCUT2D eigenvalue weighted by atomic mass is 10.0. The SMILES string of the molecule is CCCCCCCCC/C=C\CCCCCCCC(=O)OCCCCCCCCCCCCCC/C=C\CCCCCCCCCCCC(=O)NC(CO)C(O)/C=C/CCCCCCCCCCCCCCCCCCCCC. The summed E-state index contributed by atoms with van der Waals surface area (Å²) in [6, 6.07) is -0.632. The molecule has 466 valence electrons. The number of aliphatic hydroxyl groups is 2. The predicted molar refractivity (Wildman–Crippen MR) is 347 cm³/mol. The van der Waals surface area contributed by atoms with Gasteiger partial charge in [0.15, 0.2) is 0 Å². The molecule has 0 saturated carbocycles. The van der Waals surface area contributed by atoms with Gasteiger partial charge in [0.25, 0.3) is 0 Å². The molecule has 0 rings (SSSR count). The number of hydrogen-bond donors (Lipinski definition) is 3. The van der Waals surface area contributed by atoms with Crippen LogP contribution < -0.4 is 5.32 Å². The van der Waals surface area contributed by atoms with E-state index in [1.54, 1.807) is 6.08 Å². The van der Waals surface area contributed by atoms with Gasteiger partial charge in [-0.05, 0) is 83.5 Å². The molecule has 0 fully saturated rings. The zero-order valence-corrected chi connectivity index (χ0v) is 53.4. The third-order valence-electron chi connectivity index (χ3n) is 16.6. The number of ether oxygens (including phenoxy) is 1. The van der Waals surface area contributed by atoms with Crippen molar-refractivity contribution in [3.05, 3.63) is 36.5 Å². The number of allylic oxidation sites excluding steroid dienone is 5. The van der Waals surface area contributed by atoms with Crippen LogP contribution in [-0.2, 0) is 14.3 Å². The van der Waals surface area contributed by atoms with E-state index in [4.69, 9.17) is 4.74 Å². The molecule has 0 heterocycles. The average molecular weight is 1110 g/mol. The number of aliphatic hydroxyl groups excluding tert-OH is 2. The van der Waals surface area contributed by atoms with Gasteiger partial charge in [0.1, 0.15) is 0 Å². The highest BCUT2D eigenvalue weighted by Crippen LogP contribution is 2.18. The summed E-state index contributed by atoms with van der Waals surface area (Å²) in [5.41, 5.74) is 0. The Kier molecular flexibility index (Phi) is 66.9. The van der Waals surface area contributed by atoms with Crippen molar-refractivity contribution in [3.8, 4) is 0 Å². The Bertz CT molecular complexity index is 1280. The number of carbonyl (C=O) groups excluding carboxylic acids is 2. The number of esters is 1. The van der Waals surface area contributed by atoms with Gasteiger partial charge in [-0.3, -0.25) is 9.59 Å². The highest BCUT2D eigenvalue weighted by molar-refractivity contribution is 5.76. The Labute approximate surface area is 494 Å². The van der Waals surface area contributed by atoms with Gasteiger partial charge >= 0.3 is 5.97 Å². The van der Waals surface area contributed by atoms with E-state index in [0.29, 0.717) is 19.4 Å². The zero-order chi connectivity index (χ0) is 57.1. The molecule has 0 aliphatic carbocycles. The van der Waals surface area contributed by atoms with E-state index in [2.05, 4.69) is 43.5 Å². The van der Waals surface area contributed by atoms with Gasteiger partial charge in [0.2, 0.25) is 5.91 Å². The summed E-state index contributed by atoms with van der Waals surface area (Å²) in [6.45, 7) is 4.93. The molecular formula is C73H139NO5. The first-order valence-corrected chi connectivity index (χ1v) is 35.8. The Hall–Kier alpha value is -1.92. The van der Waals surface area contributed by atoms with Crippen LogP contribution >= 0.6 is 0 Å². The number of amides is 1. The second-order valence-corrected chi connectivity index (χ2v) is 24.6. The van der Waals surface area contributed by atoms with Crippen molar-refractivity contribution in [2.75, 3.05) is 13.2 Å². The van der Waals surface area contributed by atoms with Crippen molar-refractivity contribution in [2.45, 2.75) is 405 Å². The van der Waals surface area contributed by atoms with Gasteiger partial charge in [-0.2, -0.15) is 0 Å². The van der Waals surface area contributed by atoms with Crippen molar-refractivity contribution in [1.29, 1.82) is 0 Å². The second kappa shape index (κ2) is 68.6. The molecule has 0 saturated heterocycles. The van der Waals surface area contributed by atoms with E-state index >= 15 is 0 Å². The van der Waals surface area contributed by atoms with Crippen LogP contribution in [-0.4, -0.2) is 47.4 Å². The third kappa shape index (κ3) is 65.1. The molecule has 0 aromatic carbocycles. The minimum absolute atomic E-state index is 0.00618. The summed E-state index contributed by atoms with van der Waals surface area (Å²) in [5, 5.41) is 23.2. The van der Waals surface area contributed by atoms with Crippen molar-refractivity contribution < 1.29 is 24.5 Å². The summed E-state index contributed by atoms with van der Waals surface area (Å²) >= 11 is 0. The van der Waals surface area contributed by atoms with Gasteiger partial charge in [0.05, 0.1) is 25.4 Å². The predicted octanol–water partition coefficient (Wildman–Crippen LogP) is 23.1. The van der Waals surface area contributed by atoms with Gasteiger partial charge < -0.3 is 20.3 Å². The first-order valence-electron chi connectivity index (χ1n) is 35.8. The van der Waals surface area contributed by atoms with Crippen molar-refractivity contribution >= 4 is 11.9 Å². The van der Waals surface area contributed by atoms with E-state index < -0.39 is 12.1 Å². The van der Waals surface area contributed by atoms with Gasteiger partial charge in [-0.1, -0.05) is 333 Å². The fraction of sp³-hybridized carbons (Fsp3) is 0.890. The van der Waals surface area contributed by atoms with Gasteiger partial charge in [-0.25, -0.2) is 0 Å². The van der Waals surface area contributed by atoms with Crippen molar-refractivity contribution in [1.82, 2.24) is 5.32 Å². The smallest absolute Gasteiger partial charge is 0.305 e. The monoisotopic (exact) mass is 1110 g/mol. The summed E-state index contributed by atoms with van der Waals surface area (Å²) in [7, 11) is 0. The maximum Gasteiger partial charge on any atom is 0.305 e. The molecule has 3 N–H and O–H groups in total. The number of carbonyl (C=O) groups is 2. The van der Waals surface area contributed by atoms with E-state index in [9.17, 15) is 19.8 Å². The molecule has 0 radical (unpaired) electrons. The molecule has 79 heavy (non-hydrogen) atoms. The third-order valence-corrected chi connectivity index (χ3v) is 16.6. The fourth-order valence-electron chi connectivity index (χ4n) is 11.2. The molecule has 0 spiro atoms. The normalized spacial score (nSPS) is 12.7. The maximum atomic E-state index is 12.5. The van der Waals surface area contributed by atoms with E-state index in [1.807, 2.05) is 6.08 Å². The van der Waals surface area contributed by atoms with Crippen molar-refractivity contribution in [3.63, 3.8) is 0 Å². The second-order valence-electron chi connectivity index (χ2n) is 24.6. The van der Waals surface area contributed by atoms with Gasteiger partial charge in [0, 0.05) is 12.8 Å². The van der Waals surface area contributed by atoms with E-state index in [-0.39, 0.29) is 18.5 Å². The molecule has 0 aromatic rings. The molecule has 0 aliphatic rings. The van der Waals surface area contributed by atoms with Crippen LogP contribution in [0.2, 0.25) is 0 Å². The Morgan fingerprint density at radius 3 is 0.899 bits per heavy atom. The number of unbranched alkanes of at least 4 members (excludes halogenated alkanes) is 52. The lowest BCUT2D eigenvalue weighted by molar-refractivity contribution is -0.143. The molecule has 2 unspecified atom stereocenters. The van der Waals surface area contributed by atoms with Crippen molar-refractivity contribution in [2.24, 2.45) is 0 Å². The fourth-order valence-corrected chi connectivity index (χ4v) is 11.2. The summed E-state index contributed by atoms with van der Waals surface area (Å²) in [5.74, 6) is -0.0614. The molecular weight excluding hydrogens is 971 g/mol. The number of hydrogen-bond acceptors (Lipinski definition) is 5. The van der Waals surface area contributed by atoms with Crippen LogP contribution in [0.25, 0.3) is 0 Å². The summed E-state index contributed by atoms with van der Waals surface area (Å²) in [6.07, 6.45) is 87.9. The molecule has 0 bridgehead atoms. The molecule has 6 heteroatoms. The van der Waals surface area contributed by atoms with Crippen LogP contribution in [0, 0.1) is 0 Å². The molecule has 1 amide bonds. The van der Waals surface area contributed by atoms with Crippen LogP contribution in [0.1, 0.15) is 393 Å². The lowest BCUT2D eigenvalue weighted by Crippen LogP contribution is -2.45. The van der Waals surface area contributed by atoms with E-state index in [1.165, 1.54) is 321 Å². The molecule has 0 aliphatic heterocycles. The Morgan fingerprint density at radius 1 is 0.342 bits per heavy atom. The standard InChI is InChI=1S/C73H139NO5/c1-3-5-7-9-11-13-15-17-19-21-22-28-31-34-37-41-45-49-53-57-61-65-71(76)70(69-75)74-72(77)66-62-58-54-50-46-42-38-35-32-29-26-24-23-25-27-30-33-36-40-44-48-52-56-60-64-68-79-73(78)67-63-59-55-51-47-43-39-20-18-16-14-12-10-8-6-4-2/h20,24,26,39,61,65,70-71,75-76H,3-19,21-23,25,27-38,40-60,62-64,66-69H2,1-2H3,(H,74,77)/b26-24-,39-20-,65-61+. The van der Waals surface area contributed by atoms with Crippen LogP contribution in [0.5, 0.6) is 0 Å². The topological polar surface area (TPSA) is 95.9 Å². The highest BCUT2D eigenvalue weighted by atomic mass is 16.5. The molecule has 2 atom stereocenters. The largest absolute Gasteiger partial charge is 0.466 e. The summed E-state index contributed by atoms with van der Waals surface area (Å²) in [4.78, 5) is 24.6. The van der Waals surface area contributed by atoms with Crippen LogP contribution in [0.4, 0.5) is 0 Å². The number of rotatable bonds is 67. The average Bonchev–Trinajstić information content (AvgIpc) is 3.45. The quantitative estimate of drug-likeness (QED) is 0.0320. The van der Waals surface area contributed by atoms with Gasteiger partial charge in [-0.15, -0.1) is 0 Å². The summed E-state index contributed by atoms with van der Waals surface area (Å²) < 4.78 is 5.49. The minimum Gasteiger partial charge on any atom is -0.466 e. The molecule has 0 aromatic heterocycles. The number of nitrogens with one attached hydrogen (secondary N) is 1. The van der Waals surface area contributed by atoms with Crippen LogP contribution in [0.15, 0.2) is 36.5 Å². The van der Waals surface area contributed by atoms with E-state index in [0.717, 1.165) is 44.9 Å². The van der Waals surface area contributed by atoms with Crippen LogP contribution in [0.3, 0.4) is 0 Å². The highest BCUT2D eigenvalue weighted by Gasteiger charge is 2.18. The Morgan fingerprint density at radius 2 is 0.595 bits per heavy atom. The zero-order valence-electron chi connectivity index (χ0n) is 53.4. The minimum atomic E-state index is -0.848.